The van der Waals surface area contributed by atoms with Gasteiger partial charge in [0.1, 0.15) is 5.82 Å². The minimum absolute atomic E-state index is 0.211. The zero-order valence-corrected chi connectivity index (χ0v) is 18.0. The summed E-state index contributed by atoms with van der Waals surface area (Å²) in [5, 5.41) is 5.70. The minimum atomic E-state index is -0.411. The van der Waals surface area contributed by atoms with Gasteiger partial charge in [-0.1, -0.05) is 12.2 Å². The Bertz CT molecular complexity index is 1170. The van der Waals surface area contributed by atoms with Gasteiger partial charge in [-0.25, -0.2) is 4.39 Å². The van der Waals surface area contributed by atoms with Crippen LogP contribution in [0.4, 0.5) is 10.1 Å². The number of likely N-dealkylation sites (N-methyl/N-ethyl adjacent to an activating group) is 1. The standard InChI is InChI=1S/C24H25FN4O2/c1-13-21(12-19-18-11-15(25)5-10-20(18)28-23(19)30)26-14(2)22(13)24(31)27-16-6-8-17(9-7-16)29(3)4/h5-8,10-12,17,26H,9H2,1-4H3,(H,27,31)(H,28,30)/b19-12-. The number of aromatic amines is 1. The number of nitrogens with one attached hydrogen (secondary N) is 3. The van der Waals surface area contributed by atoms with Crippen molar-refractivity contribution in [2.45, 2.75) is 26.3 Å². The highest BCUT2D eigenvalue weighted by Crippen LogP contribution is 2.34. The number of hydrogen-bond donors (Lipinski definition) is 3. The first-order valence-electron chi connectivity index (χ1n) is 10.1. The van der Waals surface area contributed by atoms with Crippen LogP contribution in [0.3, 0.4) is 0 Å². The van der Waals surface area contributed by atoms with Crippen molar-refractivity contribution in [3.8, 4) is 0 Å². The lowest BCUT2D eigenvalue weighted by Gasteiger charge is -2.23. The first-order chi connectivity index (χ1) is 14.7. The molecule has 7 heteroatoms. The van der Waals surface area contributed by atoms with Crippen LogP contribution >= 0.6 is 0 Å². The first-order valence-corrected chi connectivity index (χ1v) is 10.1. The molecule has 2 amide bonds. The Kier molecular flexibility index (Phi) is 5.37. The van der Waals surface area contributed by atoms with E-state index in [0.29, 0.717) is 39.8 Å². The van der Waals surface area contributed by atoms with Gasteiger partial charge in [0, 0.05) is 34.4 Å². The molecule has 6 nitrogen and oxygen atoms in total. The smallest absolute Gasteiger partial charge is 0.257 e. The van der Waals surface area contributed by atoms with E-state index in [4.69, 9.17) is 0 Å². The summed E-state index contributed by atoms with van der Waals surface area (Å²) >= 11 is 0. The quantitative estimate of drug-likeness (QED) is 0.659. The number of allylic oxidation sites excluding steroid dienone is 1. The van der Waals surface area contributed by atoms with E-state index in [9.17, 15) is 14.0 Å². The zero-order chi connectivity index (χ0) is 22.3. The van der Waals surface area contributed by atoms with Crippen molar-refractivity contribution in [1.82, 2.24) is 15.2 Å². The molecule has 0 fully saturated rings. The molecule has 0 bridgehead atoms. The molecule has 1 atom stereocenters. The minimum Gasteiger partial charge on any atom is -0.358 e. The number of aryl methyl sites for hydroxylation is 1. The van der Waals surface area contributed by atoms with Crippen LogP contribution in [-0.4, -0.2) is 41.8 Å². The predicted molar refractivity (Wildman–Crippen MR) is 120 cm³/mol. The summed E-state index contributed by atoms with van der Waals surface area (Å²) in [6.07, 6.45) is 8.49. The summed E-state index contributed by atoms with van der Waals surface area (Å²) in [7, 11) is 4.04. The highest BCUT2D eigenvalue weighted by atomic mass is 19.1. The number of H-pyrrole nitrogens is 1. The van der Waals surface area contributed by atoms with Gasteiger partial charge in [0.2, 0.25) is 0 Å². The fourth-order valence-corrected chi connectivity index (χ4v) is 3.99. The van der Waals surface area contributed by atoms with E-state index >= 15 is 0 Å². The normalized spacial score (nSPS) is 18.9. The molecule has 1 aliphatic heterocycles. The molecule has 160 valence electrons. The molecule has 3 N–H and O–H groups in total. The molecule has 0 saturated heterocycles. The Labute approximate surface area is 180 Å². The lowest BCUT2D eigenvalue weighted by molar-refractivity contribution is -0.110. The summed E-state index contributed by atoms with van der Waals surface area (Å²) in [5.74, 6) is -0.922. The van der Waals surface area contributed by atoms with Crippen LogP contribution in [0.5, 0.6) is 0 Å². The van der Waals surface area contributed by atoms with E-state index < -0.39 is 5.82 Å². The number of nitrogens with zero attached hydrogens (tertiary/aromatic N) is 1. The number of hydrogen-bond acceptors (Lipinski definition) is 3. The van der Waals surface area contributed by atoms with Gasteiger partial charge in [-0.3, -0.25) is 9.59 Å². The van der Waals surface area contributed by atoms with Crippen LogP contribution in [0.1, 0.15) is 39.3 Å². The monoisotopic (exact) mass is 420 g/mol. The van der Waals surface area contributed by atoms with E-state index in [1.807, 2.05) is 40.1 Å². The molecule has 31 heavy (non-hydrogen) atoms. The Hall–Kier alpha value is -3.45. The van der Waals surface area contributed by atoms with Gasteiger partial charge >= 0.3 is 0 Å². The summed E-state index contributed by atoms with van der Waals surface area (Å²) in [6.45, 7) is 3.65. The molecular weight excluding hydrogens is 395 g/mol. The third-order valence-electron chi connectivity index (χ3n) is 5.75. The van der Waals surface area contributed by atoms with Crippen LogP contribution in [0.15, 0.2) is 42.1 Å². The van der Waals surface area contributed by atoms with Gasteiger partial charge in [-0.2, -0.15) is 0 Å². The Morgan fingerprint density at radius 3 is 2.74 bits per heavy atom. The Morgan fingerprint density at radius 2 is 2.06 bits per heavy atom. The fourth-order valence-electron chi connectivity index (χ4n) is 3.99. The first kappa shape index (κ1) is 20.8. The molecule has 1 aromatic heterocycles. The molecule has 1 unspecified atom stereocenters. The second-order valence-electron chi connectivity index (χ2n) is 8.11. The Morgan fingerprint density at radius 1 is 1.29 bits per heavy atom. The van der Waals surface area contributed by atoms with E-state index in [0.717, 1.165) is 17.7 Å². The number of carbonyl (C=O) groups excluding carboxylic acids is 2. The molecule has 0 spiro atoms. The van der Waals surface area contributed by atoms with Crippen molar-refractivity contribution < 1.29 is 14.0 Å². The maximum atomic E-state index is 13.7. The second kappa shape index (κ2) is 8.00. The van der Waals surface area contributed by atoms with Crippen molar-refractivity contribution >= 4 is 29.2 Å². The molecule has 4 rings (SSSR count). The fraction of sp³-hybridized carbons (Fsp3) is 0.250. The average Bonchev–Trinajstić information content (AvgIpc) is 3.17. The number of amides is 2. The molecule has 1 aliphatic carbocycles. The SMILES string of the molecule is Cc1[nH]c(/C=C2\C(=O)Nc3ccc(F)cc32)c(C)c1C(=O)NC1=CCC(N(C)C)C=C1. The highest BCUT2D eigenvalue weighted by Gasteiger charge is 2.26. The average molecular weight is 420 g/mol. The zero-order valence-electron chi connectivity index (χ0n) is 18.0. The molecule has 2 aliphatic rings. The second-order valence-corrected chi connectivity index (χ2v) is 8.11. The van der Waals surface area contributed by atoms with Crippen molar-refractivity contribution in [3.63, 3.8) is 0 Å². The van der Waals surface area contributed by atoms with E-state index in [1.54, 1.807) is 12.1 Å². The van der Waals surface area contributed by atoms with Gasteiger partial charge in [-0.15, -0.1) is 0 Å². The molecule has 2 aromatic rings. The summed E-state index contributed by atoms with van der Waals surface area (Å²) in [6, 6.07) is 4.51. The number of carbonyl (C=O) groups is 2. The van der Waals surface area contributed by atoms with E-state index in [-0.39, 0.29) is 11.8 Å². The van der Waals surface area contributed by atoms with Crippen LogP contribution in [-0.2, 0) is 4.79 Å². The number of halogens is 1. The third-order valence-corrected chi connectivity index (χ3v) is 5.75. The van der Waals surface area contributed by atoms with Crippen molar-refractivity contribution in [3.05, 3.63) is 76.0 Å². The maximum Gasteiger partial charge on any atom is 0.257 e. The third kappa shape index (κ3) is 3.96. The van der Waals surface area contributed by atoms with Crippen LogP contribution < -0.4 is 10.6 Å². The Balaban J connectivity index is 1.60. The number of fused-ring (bicyclic) bond motifs is 1. The highest BCUT2D eigenvalue weighted by molar-refractivity contribution is 6.34. The van der Waals surface area contributed by atoms with E-state index in [2.05, 4.69) is 26.6 Å². The summed E-state index contributed by atoms with van der Waals surface area (Å²) < 4.78 is 13.7. The van der Waals surface area contributed by atoms with Crippen LogP contribution in [0.2, 0.25) is 0 Å². The molecular formula is C24H25FN4O2. The largest absolute Gasteiger partial charge is 0.358 e. The summed E-state index contributed by atoms with van der Waals surface area (Å²) in [4.78, 5) is 30.7. The van der Waals surface area contributed by atoms with Crippen molar-refractivity contribution in [2.24, 2.45) is 0 Å². The van der Waals surface area contributed by atoms with Crippen LogP contribution in [0, 0.1) is 19.7 Å². The molecule has 0 saturated carbocycles. The predicted octanol–water partition coefficient (Wildman–Crippen LogP) is 3.77. The number of aromatic nitrogens is 1. The molecule has 1 aromatic carbocycles. The van der Waals surface area contributed by atoms with Crippen molar-refractivity contribution in [2.75, 3.05) is 19.4 Å². The van der Waals surface area contributed by atoms with Crippen LogP contribution in [0.25, 0.3) is 11.6 Å². The lowest BCUT2D eigenvalue weighted by atomic mass is 10.0. The van der Waals surface area contributed by atoms with Gasteiger partial charge in [0.25, 0.3) is 11.8 Å². The van der Waals surface area contributed by atoms with Gasteiger partial charge in [0.05, 0.1) is 11.1 Å². The lowest BCUT2D eigenvalue weighted by Crippen LogP contribution is -2.29. The van der Waals surface area contributed by atoms with Crippen molar-refractivity contribution in [1.29, 1.82) is 0 Å². The maximum absolute atomic E-state index is 13.7. The van der Waals surface area contributed by atoms with Gasteiger partial charge in [-0.05, 0) is 70.3 Å². The number of anilines is 1. The number of benzene rings is 1. The van der Waals surface area contributed by atoms with Gasteiger partial charge < -0.3 is 20.5 Å². The molecule has 0 radical (unpaired) electrons. The number of rotatable bonds is 4. The van der Waals surface area contributed by atoms with Gasteiger partial charge in [0.15, 0.2) is 0 Å². The van der Waals surface area contributed by atoms with E-state index in [1.165, 1.54) is 12.1 Å². The summed E-state index contributed by atoms with van der Waals surface area (Å²) in [5.41, 5.74) is 4.82. The topological polar surface area (TPSA) is 77.2 Å². The molecule has 2 heterocycles.